The molecular formula is C16H8O9. The summed E-state index contributed by atoms with van der Waals surface area (Å²) in [6, 6.07) is 5.91. The third kappa shape index (κ3) is 2.17. The molecule has 0 bridgehead atoms. The number of hydrogen-bond acceptors (Lipinski definition) is 5. The molecule has 0 aliphatic carbocycles. The monoisotopic (exact) mass is 344 g/mol. The molecule has 1 aromatic heterocycles. The van der Waals surface area contributed by atoms with E-state index in [1.807, 2.05) is 0 Å². The largest absolute Gasteiger partial charge is 0.478 e. The summed E-state index contributed by atoms with van der Waals surface area (Å²) >= 11 is 0. The first-order chi connectivity index (χ1) is 11.8. The number of carbonyl (C=O) groups is 4. The summed E-state index contributed by atoms with van der Waals surface area (Å²) in [6.07, 6.45) is 0. The lowest BCUT2D eigenvalue weighted by atomic mass is 9.91. The molecule has 1 heterocycles. The molecular weight excluding hydrogens is 336 g/mol. The average molecular weight is 344 g/mol. The Hall–Kier alpha value is -3.88. The van der Waals surface area contributed by atoms with E-state index in [0.717, 1.165) is 0 Å². The predicted molar refractivity (Wildman–Crippen MR) is 81.6 cm³/mol. The van der Waals surface area contributed by atoms with Crippen molar-refractivity contribution in [2.45, 2.75) is 0 Å². The van der Waals surface area contributed by atoms with Gasteiger partial charge >= 0.3 is 23.9 Å². The highest BCUT2D eigenvalue weighted by atomic mass is 16.4. The maximum absolute atomic E-state index is 11.7. The summed E-state index contributed by atoms with van der Waals surface area (Å²) in [6.45, 7) is 0. The van der Waals surface area contributed by atoms with Crippen molar-refractivity contribution in [3.63, 3.8) is 0 Å². The van der Waals surface area contributed by atoms with Crippen LogP contribution in [0.4, 0.5) is 0 Å². The van der Waals surface area contributed by atoms with Crippen molar-refractivity contribution in [1.82, 2.24) is 0 Å². The van der Waals surface area contributed by atoms with Gasteiger partial charge in [0.1, 0.15) is 11.1 Å². The normalized spacial score (nSPS) is 10.9. The van der Waals surface area contributed by atoms with Gasteiger partial charge in [0.25, 0.3) is 0 Å². The zero-order valence-corrected chi connectivity index (χ0v) is 12.1. The zero-order chi connectivity index (χ0) is 18.5. The molecule has 9 heteroatoms. The lowest BCUT2D eigenvalue weighted by molar-refractivity contribution is 0.0621. The predicted octanol–water partition coefficient (Wildman–Crippen LogP) is 2.38. The van der Waals surface area contributed by atoms with Crippen LogP contribution in [-0.2, 0) is 0 Å². The van der Waals surface area contributed by atoms with E-state index in [1.54, 1.807) is 6.07 Å². The summed E-state index contributed by atoms with van der Waals surface area (Å²) in [5.41, 5.74) is -4.42. The number of hydrogen-bond donors (Lipinski definition) is 4. The fraction of sp³-hybridized carbons (Fsp3) is 0. The van der Waals surface area contributed by atoms with Crippen molar-refractivity contribution in [3.05, 3.63) is 46.5 Å². The van der Waals surface area contributed by atoms with Crippen LogP contribution in [0.3, 0.4) is 0 Å². The Morgan fingerprint density at radius 3 is 1.68 bits per heavy atom. The number of carboxylic acid groups (broad SMARTS) is 4. The maximum atomic E-state index is 11.7. The number of carboxylic acids is 4. The highest BCUT2D eigenvalue weighted by molar-refractivity contribution is 6.27. The van der Waals surface area contributed by atoms with Gasteiger partial charge in [0.05, 0.1) is 16.7 Å². The molecule has 25 heavy (non-hydrogen) atoms. The van der Waals surface area contributed by atoms with Crippen molar-refractivity contribution in [1.29, 1.82) is 0 Å². The molecule has 0 spiro atoms. The zero-order valence-electron chi connectivity index (χ0n) is 12.1. The van der Waals surface area contributed by atoms with Gasteiger partial charge < -0.3 is 24.8 Å². The minimum absolute atomic E-state index is 0.0985. The van der Waals surface area contributed by atoms with Crippen molar-refractivity contribution >= 4 is 45.8 Å². The van der Waals surface area contributed by atoms with Crippen LogP contribution in [0.5, 0.6) is 0 Å². The van der Waals surface area contributed by atoms with Gasteiger partial charge in [0.2, 0.25) is 0 Å². The second-order valence-electron chi connectivity index (χ2n) is 5.02. The number of benzene rings is 2. The molecule has 4 N–H and O–H groups in total. The Morgan fingerprint density at radius 2 is 1.16 bits per heavy atom. The second-order valence-corrected chi connectivity index (χ2v) is 5.02. The summed E-state index contributed by atoms with van der Waals surface area (Å²) in [4.78, 5) is 46.4. The number of furan rings is 1. The summed E-state index contributed by atoms with van der Waals surface area (Å²) in [5.74, 6) is -7.22. The lowest BCUT2D eigenvalue weighted by Gasteiger charge is -2.11. The first-order valence-electron chi connectivity index (χ1n) is 6.70. The van der Waals surface area contributed by atoms with Gasteiger partial charge in [-0.05, 0) is 6.07 Å². The van der Waals surface area contributed by atoms with Gasteiger partial charge in [0.15, 0.2) is 5.58 Å². The van der Waals surface area contributed by atoms with Crippen LogP contribution in [-0.4, -0.2) is 44.3 Å². The Morgan fingerprint density at radius 1 is 0.680 bits per heavy atom. The minimum atomic E-state index is -1.89. The Kier molecular flexibility index (Phi) is 3.42. The van der Waals surface area contributed by atoms with Gasteiger partial charge in [-0.2, -0.15) is 0 Å². The number of aromatic carboxylic acids is 4. The van der Waals surface area contributed by atoms with Crippen molar-refractivity contribution in [3.8, 4) is 0 Å². The van der Waals surface area contributed by atoms with Crippen LogP contribution in [0.1, 0.15) is 41.4 Å². The summed E-state index contributed by atoms with van der Waals surface area (Å²) < 4.78 is 5.36. The van der Waals surface area contributed by atoms with Gasteiger partial charge in [-0.3, -0.25) is 0 Å². The van der Waals surface area contributed by atoms with E-state index < -0.39 is 51.7 Å². The van der Waals surface area contributed by atoms with E-state index in [0.29, 0.717) is 0 Å². The van der Waals surface area contributed by atoms with Crippen LogP contribution in [0.25, 0.3) is 21.9 Å². The van der Waals surface area contributed by atoms with Gasteiger partial charge in [-0.15, -0.1) is 0 Å². The molecule has 0 saturated carbocycles. The molecule has 0 fully saturated rings. The molecule has 3 aromatic rings. The van der Waals surface area contributed by atoms with E-state index in [-0.39, 0.29) is 16.4 Å². The number of para-hydroxylation sites is 1. The van der Waals surface area contributed by atoms with E-state index in [2.05, 4.69) is 0 Å². The Labute approximate surface area is 137 Å². The quantitative estimate of drug-likeness (QED) is 0.556. The third-order valence-corrected chi connectivity index (χ3v) is 3.68. The molecule has 0 atom stereocenters. The third-order valence-electron chi connectivity index (χ3n) is 3.68. The molecule has 0 saturated heterocycles. The lowest BCUT2D eigenvalue weighted by Crippen LogP contribution is -2.20. The Bertz CT molecular complexity index is 1100. The summed E-state index contributed by atoms with van der Waals surface area (Å²) in [5, 5.41) is 37.5. The van der Waals surface area contributed by atoms with E-state index in [9.17, 15) is 39.6 Å². The van der Waals surface area contributed by atoms with Crippen LogP contribution in [0.15, 0.2) is 28.7 Å². The molecule has 0 aliphatic heterocycles. The molecule has 2 aromatic carbocycles. The van der Waals surface area contributed by atoms with E-state index in [1.165, 1.54) is 18.2 Å². The van der Waals surface area contributed by atoms with Gasteiger partial charge in [-0.25, -0.2) is 19.2 Å². The Balaban J connectivity index is 2.78. The van der Waals surface area contributed by atoms with Crippen LogP contribution < -0.4 is 0 Å². The standard InChI is InChI=1S/C16H8O9/c17-13(18)8-7-5-3-1-2-4-6(5)25-12(7)11(16(23)24)10(15(21)22)9(8)14(19)20/h1-4H,(H,17,18)(H,19,20)(H,21,22)(H,23,24). The number of rotatable bonds is 4. The fourth-order valence-corrected chi connectivity index (χ4v) is 2.80. The minimum Gasteiger partial charge on any atom is -0.478 e. The molecule has 3 rings (SSSR count). The van der Waals surface area contributed by atoms with E-state index >= 15 is 0 Å². The molecule has 0 aliphatic rings. The highest BCUT2D eigenvalue weighted by Crippen LogP contribution is 2.38. The van der Waals surface area contributed by atoms with E-state index in [4.69, 9.17) is 4.42 Å². The average Bonchev–Trinajstić information content (AvgIpc) is 2.90. The van der Waals surface area contributed by atoms with Gasteiger partial charge in [0, 0.05) is 10.8 Å². The first kappa shape index (κ1) is 16.0. The summed E-state index contributed by atoms with van der Waals surface area (Å²) in [7, 11) is 0. The topological polar surface area (TPSA) is 162 Å². The SMILES string of the molecule is O=C(O)c1c(C(=O)O)c(C(=O)O)c2c(oc3ccccc32)c1C(=O)O. The van der Waals surface area contributed by atoms with Crippen LogP contribution in [0.2, 0.25) is 0 Å². The second kappa shape index (κ2) is 5.34. The fourth-order valence-electron chi connectivity index (χ4n) is 2.80. The number of fused-ring (bicyclic) bond motifs is 3. The van der Waals surface area contributed by atoms with Crippen LogP contribution in [0, 0.1) is 0 Å². The maximum Gasteiger partial charge on any atom is 0.340 e. The van der Waals surface area contributed by atoms with Gasteiger partial charge in [-0.1, -0.05) is 18.2 Å². The highest BCUT2D eigenvalue weighted by Gasteiger charge is 2.36. The van der Waals surface area contributed by atoms with Crippen LogP contribution >= 0.6 is 0 Å². The molecule has 9 nitrogen and oxygen atoms in total. The van der Waals surface area contributed by atoms with Crippen molar-refractivity contribution in [2.75, 3.05) is 0 Å². The molecule has 0 amide bonds. The molecule has 0 radical (unpaired) electrons. The van der Waals surface area contributed by atoms with Crippen molar-refractivity contribution < 1.29 is 44.0 Å². The smallest absolute Gasteiger partial charge is 0.340 e. The molecule has 126 valence electrons. The first-order valence-corrected chi connectivity index (χ1v) is 6.70. The molecule has 0 unspecified atom stereocenters. The van der Waals surface area contributed by atoms with Crippen molar-refractivity contribution in [2.24, 2.45) is 0 Å².